The zero-order chi connectivity index (χ0) is 45.9. The van der Waals surface area contributed by atoms with Gasteiger partial charge in [0.05, 0.1) is 11.6 Å². The van der Waals surface area contributed by atoms with Crippen molar-refractivity contribution in [2.45, 2.75) is 76.2 Å². The number of carbonyl (C=O) groups is 2. The Morgan fingerprint density at radius 3 is 2.23 bits per heavy atom. The molecule has 0 bridgehead atoms. The minimum Gasteiger partial charge on any atom is -0.506 e. The second-order valence-corrected chi connectivity index (χ2v) is 18.9. The summed E-state index contributed by atoms with van der Waals surface area (Å²) in [7, 11) is 0. The molecule has 1 saturated heterocycles. The highest BCUT2D eigenvalue weighted by atomic mass is 32.1. The van der Waals surface area contributed by atoms with Crippen LogP contribution in [0.15, 0.2) is 150 Å². The first kappa shape index (κ1) is 46.2. The van der Waals surface area contributed by atoms with Gasteiger partial charge >= 0.3 is 5.97 Å². The number of benzene rings is 5. The van der Waals surface area contributed by atoms with Gasteiger partial charge in [-0.2, -0.15) is 0 Å². The maximum absolute atomic E-state index is 14.2. The molecule has 0 radical (unpaired) electrons. The van der Waals surface area contributed by atoms with Crippen LogP contribution < -0.4 is 16.6 Å². The van der Waals surface area contributed by atoms with E-state index in [-0.39, 0.29) is 29.8 Å². The number of primary amides is 1. The molecule has 10 nitrogen and oxygen atoms in total. The van der Waals surface area contributed by atoms with E-state index in [1.807, 2.05) is 30.3 Å². The Hall–Kier alpha value is -6.37. The summed E-state index contributed by atoms with van der Waals surface area (Å²) in [6.45, 7) is 4.17. The third-order valence-corrected chi connectivity index (χ3v) is 14.4. The molecule has 1 amide bonds. The van der Waals surface area contributed by atoms with Crippen molar-refractivity contribution in [1.82, 2.24) is 15.2 Å². The molecule has 1 spiro atoms. The molecule has 2 aliphatic rings. The number of piperidine rings is 1. The fourth-order valence-electron chi connectivity index (χ4n) is 9.68. The molecule has 340 valence electrons. The minimum absolute atomic E-state index is 0.0282. The van der Waals surface area contributed by atoms with Crippen molar-refractivity contribution >= 4 is 34.6 Å². The first-order valence-corrected chi connectivity index (χ1v) is 23.7. The van der Waals surface area contributed by atoms with E-state index in [0.29, 0.717) is 35.0 Å². The molecule has 2 atom stereocenters. The Bertz CT molecular complexity index is 2740. The van der Waals surface area contributed by atoms with Gasteiger partial charge in [-0.3, -0.25) is 19.3 Å². The predicted octanol–water partition coefficient (Wildman–Crippen LogP) is 9.38. The largest absolute Gasteiger partial charge is 0.506 e. The van der Waals surface area contributed by atoms with Crippen LogP contribution in [0.25, 0.3) is 21.3 Å². The Morgan fingerprint density at radius 2 is 1.50 bits per heavy atom. The molecule has 11 heteroatoms. The van der Waals surface area contributed by atoms with Crippen LogP contribution in [0.4, 0.5) is 0 Å². The number of esters is 1. The van der Waals surface area contributed by atoms with Gasteiger partial charge in [-0.15, -0.1) is 11.3 Å². The van der Waals surface area contributed by atoms with Crippen LogP contribution in [-0.4, -0.2) is 58.2 Å². The Labute approximate surface area is 390 Å². The summed E-state index contributed by atoms with van der Waals surface area (Å²) in [5, 5.41) is 25.1. The maximum Gasteiger partial charge on any atom is 0.318 e. The van der Waals surface area contributed by atoms with E-state index in [4.69, 9.17) is 9.53 Å². The van der Waals surface area contributed by atoms with Gasteiger partial charge in [-0.05, 0) is 126 Å². The smallest absolute Gasteiger partial charge is 0.318 e. The summed E-state index contributed by atoms with van der Waals surface area (Å²) in [5.74, 6) is -0.693. The van der Waals surface area contributed by atoms with Crippen LogP contribution in [0.2, 0.25) is 0 Å². The second kappa shape index (κ2) is 21.7. The van der Waals surface area contributed by atoms with Crippen LogP contribution in [0, 0.1) is 5.41 Å². The van der Waals surface area contributed by atoms with E-state index in [1.54, 1.807) is 23.5 Å². The molecule has 2 fully saturated rings. The number of pyridine rings is 1. The number of carbonyl (C=O) groups excluding carboxylic acids is 2. The summed E-state index contributed by atoms with van der Waals surface area (Å²) in [5.41, 5.74) is 11.9. The summed E-state index contributed by atoms with van der Waals surface area (Å²) >= 11 is 1.77. The van der Waals surface area contributed by atoms with Gasteiger partial charge in [0.15, 0.2) is 0 Å². The van der Waals surface area contributed by atoms with Crippen molar-refractivity contribution in [2.75, 3.05) is 19.6 Å². The highest BCUT2D eigenvalue weighted by Gasteiger charge is 2.39. The monoisotopic (exact) mass is 902 g/mol. The lowest BCUT2D eigenvalue weighted by Crippen LogP contribution is -2.42. The zero-order valence-electron chi connectivity index (χ0n) is 37.1. The molecule has 7 aromatic rings. The topological polar surface area (TPSA) is 158 Å². The standard InChI is InChI=1S/C54H55N3O5S.CH3NO/c58-47-21-19-45(46-20-23-50(60)56-52(46)47)48(59)35-55-34-38-16-14-37(15-17-38)32-44-18-22-49(63-44)41-12-7-13-42(33-41)51(40-10-5-2-6-11-40)53(61)62-43-24-26-54(27-25-43)28-30-57(31-29-54)36-39-8-3-1-4-9-39;2-1-3/h1-23,33,43,48,51,55,58-59H,24-32,34-36H2,(H,56,60);1H,(H2,2,3). The molecule has 6 N–H and O–H groups in total. The number of hydrogen-bond acceptors (Lipinski definition) is 9. The van der Waals surface area contributed by atoms with Crippen LogP contribution >= 0.6 is 11.3 Å². The van der Waals surface area contributed by atoms with Gasteiger partial charge in [0.2, 0.25) is 12.0 Å². The number of aliphatic hydroxyl groups excluding tert-OH is 1. The number of likely N-dealkylation sites (tertiary alicyclic amines) is 1. The first-order chi connectivity index (χ1) is 32.2. The van der Waals surface area contributed by atoms with E-state index in [9.17, 15) is 19.8 Å². The number of aromatic nitrogens is 1. The number of rotatable bonds is 14. The third kappa shape index (κ3) is 11.5. The number of nitrogens with two attached hydrogens (primary N) is 1. The highest BCUT2D eigenvalue weighted by molar-refractivity contribution is 7.15. The van der Waals surface area contributed by atoms with Gasteiger partial charge in [0, 0.05) is 47.3 Å². The first-order valence-electron chi connectivity index (χ1n) is 22.9. The highest BCUT2D eigenvalue weighted by Crippen LogP contribution is 2.46. The molecule has 5 aromatic carbocycles. The number of aliphatic hydroxyl groups is 1. The molecular formula is C55H58N4O6S. The fourth-order valence-corrected chi connectivity index (χ4v) is 10.7. The number of phenolic OH excluding ortho intramolecular Hbond substituents is 1. The van der Waals surface area contributed by atoms with Crippen molar-refractivity contribution in [3.05, 3.63) is 194 Å². The average Bonchev–Trinajstić information content (AvgIpc) is 3.81. The molecule has 2 unspecified atom stereocenters. The SMILES string of the molecule is NC=O.O=C(OC1CCC2(CC1)CCN(Cc1ccccc1)CC2)C(c1ccccc1)c1cccc(-c2ccc(Cc3ccc(CNCC(O)c4ccc(O)c5[nH]c(=O)ccc45)cc3)s2)c1. The number of nitrogens with zero attached hydrogens (tertiary/aromatic N) is 1. The molecule has 1 aliphatic heterocycles. The van der Waals surface area contributed by atoms with Gasteiger partial charge in [0.1, 0.15) is 17.8 Å². The number of phenols is 1. The molecule has 2 aromatic heterocycles. The molecular weight excluding hydrogens is 845 g/mol. The second-order valence-electron chi connectivity index (χ2n) is 17.7. The average molecular weight is 903 g/mol. The van der Waals surface area contributed by atoms with Crippen molar-refractivity contribution < 1.29 is 24.5 Å². The predicted molar refractivity (Wildman–Crippen MR) is 262 cm³/mol. The number of aromatic amines is 1. The Balaban J connectivity index is 0.00000192. The van der Waals surface area contributed by atoms with E-state index in [1.165, 1.54) is 41.0 Å². The number of aromatic hydroxyl groups is 1. The van der Waals surface area contributed by atoms with Crippen LogP contribution in [0.3, 0.4) is 0 Å². The maximum atomic E-state index is 14.2. The van der Waals surface area contributed by atoms with Crippen LogP contribution in [-0.2, 0) is 33.8 Å². The zero-order valence-corrected chi connectivity index (χ0v) is 37.9. The lowest BCUT2D eigenvalue weighted by Gasteiger charge is -2.46. The summed E-state index contributed by atoms with van der Waals surface area (Å²) in [6, 6.07) is 48.3. The molecule has 1 saturated carbocycles. The van der Waals surface area contributed by atoms with Gasteiger partial charge < -0.3 is 31.0 Å². The van der Waals surface area contributed by atoms with Crippen molar-refractivity contribution in [3.63, 3.8) is 0 Å². The number of amides is 1. The quantitative estimate of drug-likeness (QED) is 0.0534. The van der Waals surface area contributed by atoms with Gasteiger partial charge in [-0.1, -0.05) is 109 Å². The Kier molecular flexibility index (Phi) is 15.2. The molecule has 66 heavy (non-hydrogen) atoms. The molecule has 9 rings (SSSR count). The van der Waals surface area contributed by atoms with E-state index in [2.05, 4.69) is 112 Å². The summed E-state index contributed by atoms with van der Waals surface area (Å²) in [4.78, 5) is 42.2. The Morgan fingerprint density at radius 1 is 0.818 bits per heavy atom. The normalized spacial score (nSPS) is 16.0. The molecule has 3 heterocycles. The summed E-state index contributed by atoms with van der Waals surface area (Å²) in [6.07, 6.45) is 6.72. The minimum atomic E-state index is -0.820. The lowest BCUT2D eigenvalue weighted by molar-refractivity contribution is -0.153. The number of thiophene rings is 1. The third-order valence-electron chi connectivity index (χ3n) is 13.3. The van der Waals surface area contributed by atoms with Gasteiger partial charge in [0.25, 0.3) is 0 Å². The van der Waals surface area contributed by atoms with Crippen molar-refractivity contribution in [1.29, 1.82) is 0 Å². The fraction of sp³-hybridized carbons (Fsp3) is 0.291. The number of H-pyrrole nitrogens is 1. The van der Waals surface area contributed by atoms with E-state index >= 15 is 0 Å². The number of ether oxygens (including phenoxy) is 1. The molecule has 1 aliphatic carbocycles. The van der Waals surface area contributed by atoms with Crippen LogP contribution in [0.5, 0.6) is 5.75 Å². The lowest BCUT2D eigenvalue weighted by atomic mass is 9.67. The van der Waals surface area contributed by atoms with E-state index in [0.717, 1.165) is 78.9 Å². The number of fused-ring (bicyclic) bond motifs is 1. The van der Waals surface area contributed by atoms with Crippen LogP contribution in [0.1, 0.15) is 88.8 Å². The summed E-state index contributed by atoms with van der Waals surface area (Å²) < 4.78 is 6.41. The van der Waals surface area contributed by atoms with Crippen molar-refractivity contribution in [3.8, 4) is 16.2 Å². The van der Waals surface area contributed by atoms with Gasteiger partial charge in [-0.25, -0.2) is 0 Å². The number of nitrogens with one attached hydrogen (secondary N) is 2. The van der Waals surface area contributed by atoms with Crippen molar-refractivity contribution in [2.24, 2.45) is 11.1 Å². The number of hydrogen-bond donors (Lipinski definition) is 5. The van der Waals surface area contributed by atoms with E-state index < -0.39 is 12.0 Å².